The average molecular weight is 389 g/mol. The van der Waals surface area contributed by atoms with Gasteiger partial charge in [-0.05, 0) is 57.7 Å². The number of rotatable bonds is 5. The molecule has 27 heavy (non-hydrogen) atoms. The third-order valence-corrected chi connectivity index (χ3v) is 5.41. The van der Waals surface area contributed by atoms with Gasteiger partial charge < -0.3 is 14.8 Å². The molecule has 0 radical (unpaired) electrons. The number of fused-ring (bicyclic) bond motifs is 1. The molecule has 1 N–H and O–H groups in total. The maximum Gasteiger partial charge on any atom is 0.291 e. The van der Waals surface area contributed by atoms with Gasteiger partial charge in [0.1, 0.15) is 5.69 Å². The van der Waals surface area contributed by atoms with Gasteiger partial charge in [-0.1, -0.05) is 17.7 Å². The Kier molecular flexibility index (Phi) is 5.85. The number of halogens is 1. The minimum atomic E-state index is -0.323. The zero-order chi connectivity index (χ0) is 19.6. The molecule has 6 nitrogen and oxygen atoms in total. The van der Waals surface area contributed by atoms with E-state index < -0.39 is 0 Å². The molecule has 0 atom stereocenters. The molecule has 1 aliphatic heterocycles. The fourth-order valence-corrected chi connectivity index (χ4v) is 3.59. The second-order valence-corrected chi connectivity index (χ2v) is 7.14. The molecular weight excluding hydrogens is 364 g/mol. The van der Waals surface area contributed by atoms with Crippen LogP contribution in [0.4, 0.5) is 5.69 Å². The molecule has 0 saturated carbocycles. The van der Waals surface area contributed by atoms with Crippen molar-refractivity contribution in [3.8, 4) is 0 Å². The summed E-state index contributed by atoms with van der Waals surface area (Å²) in [5.41, 5.74) is 2.83. The van der Waals surface area contributed by atoms with E-state index >= 15 is 0 Å². The van der Waals surface area contributed by atoms with Crippen molar-refractivity contribution in [2.75, 3.05) is 18.4 Å². The number of carbonyl (C=O) groups is 2. The van der Waals surface area contributed by atoms with Crippen LogP contribution in [0, 0.1) is 6.92 Å². The van der Waals surface area contributed by atoms with Gasteiger partial charge in [0.05, 0.1) is 5.69 Å². The Balaban J connectivity index is 1.94. The van der Waals surface area contributed by atoms with Crippen molar-refractivity contribution >= 4 is 29.1 Å². The Morgan fingerprint density at radius 3 is 2.67 bits per heavy atom. The fraction of sp³-hybridized carbons (Fsp3) is 0.450. The second kappa shape index (κ2) is 8.13. The first kappa shape index (κ1) is 19.4. The van der Waals surface area contributed by atoms with E-state index in [1.165, 1.54) is 0 Å². The van der Waals surface area contributed by atoms with Gasteiger partial charge in [0.25, 0.3) is 11.8 Å². The summed E-state index contributed by atoms with van der Waals surface area (Å²) in [7, 11) is 0. The van der Waals surface area contributed by atoms with Crippen molar-refractivity contribution in [1.29, 1.82) is 0 Å². The number of anilines is 1. The molecule has 0 unspecified atom stereocenters. The monoisotopic (exact) mass is 388 g/mol. The van der Waals surface area contributed by atoms with E-state index in [1.807, 2.05) is 31.4 Å². The van der Waals surface area contributed by atoms with Crippen molar-refractivity contribution in [3.63, 3.8) is 0 Å². The molecule has 1 aromatic carbocycles. The van der Waals surface area contributed by atoms with E-state index in [0.29, 0.717) is 36.0 Å². The molecule has 2 amide bonds. The predicted molar refractivity (Wildman–Crippen MR) is 107 cm³/mol. The lowest BCUT2D eigenvalue weighted by molar-refractivity contribution is 0.0766. The van der Waals surface area contributed by atoms with Crippen LogP contribution >= 0.6 is 11.6 Å². The summed E-state index contributed by atoms with van der Waals surface area (Å²) in [6.45, 7) is 7.72. The van der Waals surface area contributed by atoms with Crippen LogP contribution in [-0.2, 0) is 13.0 Å². The number of aromatic nitrogens is 2. The minimum absolute atomic E-state index is 0.108. The number of hydrogen-bond acceptors (Lipinski definition) is 3. The topological polar surface area (TPSA) is 67.2 Å². The van der Waals surface area contributed by atoms with Crippen molar-refractivity contribution in [3.05, 3.63) is 46.0 Å². The first-order chi connectivity index (χ1) is 13.0. The van der Waals surface area contributed by atoms with E-state index in [-0.39, 0.29) is 17.6 Å². The van der Waals surface area contributed by atoms with Crippen LogP contribution in [0.25, 0.3) is 0 Å². The summed E-state index contributed by atoms with van der Waals surface area (Å²) in [5, 5.41) is 3.45. The molecule has 0 bridgehead atoms. The minimum Gasteiger partial charge on any atom is -0.338 e. The maximum atomic E-state index is 12.9. The van der Waals surface area contributed by atoms with Gasteiger partial charge in [-0.2, -0.15) is 0 Å². The molecule has 0 saturated heterocycles. The van der Waals surface area contributed by atoms with Crippen LogP contribution in [0.5, 0.6) is 0 Å². The van der Waals surface area contributed by atoms with Crippen LogP contribution in [-0.4, -0.2) is 39.4 Å². The number of imidazole rings is 1. The van der Waals surface area contributed by atoms with Gasteiger partial charge >= 0.3 is 0 Å². The van der Waals surface area contributed by atoms with Crippen LogP contribution in [0.2, 0.25) is 5.02 Å². The molecule has 1 aliphatic rings. The Morgan fingerprint density at radius 2 is 2.00 bits per heavy atom. The molecule has 0 fully saturated rings. The summed E-state index contributed by atoms with van der Waals surface area (Å²) in [6, 6.07) is 5.38. The van der Waals surface area contributed by atoms with E-state index in [0.717, 1.165) is 30.5 Å². The fourth-order valence-electron chi connectivity index (χ4n) is 3.41. The number of carbonyl (C=O) groups excluding carboxylic acids is 2. The zero-order valence-electron chi connectivity index (χ0n) is 16.0. The summed E-state index contributed by atoms with van der Waals surface area (Å²) < 4.78 is 1.89. The Bertz CT molecular complexity index is 871. The lowest BCUT2D eigenvalue weighted by atomic mass is 10.1. The quantitative estimate of drug-likeness (QED) is 0.844. The summed E-state index contributed by atoms with van der Waals surface area (Å²) in [5.74, 6) is -0.142. The molecule has 144 valence electrons. The van der Waals surface area contributed by atoms with Gasteiger partial charge in [0.2, 0.25) is 0 Å². The van der Waals surface area contributed by atoms with Gasteiger partial charge in [-0.15, -0.1) is 0 Å². The smallest absolute Gasteiger partial charge is 0.291 e. The SMILES string of the molecule is CCN(CC)C(=O)c1nc(C(=O)Nc2ccc(C)c(Cl)c2)n2c1CCCC2. The molecule has 0 aliphatic carbocycles. The standard InChI is InChI=1S/C20H25ClN4O2/c1-4-24(5-2)20(27)17-16-8-6-7-11-25(16)18(23-17)19(26)22-14-10-9-13(3)15(21)12-14/h9-10,12H,4-8,11H2,1-3H3,(H,22,26). The third kappa shape index (κ3) is 3.86. The van der Waals surface area contributed by atoms with Gasteiger partial charge in [-0.3, -0.25) is 9.59 Å². The molecule has 2 heterocycles. The van der Waals surface area contributed by atoms with Crippen LogP contribution in [0.3, 0.4) is 0 Å². The normalized spacial score (nSPS) is 13.2. The summed E-state index contributed by atoms with van der Waals surface area (Å²) >= 11 is 6.15. The molecular formula is C20H25ClN4O2. The molecule has 3 rings (SSSR count). The third-order valence-electron chi connectivity index (χ3n) is 5.00. The first-order valence-corrected chi connectivity index (χ1v) is 9.80. The number of hydrogen-bond donors (Lipinski definition) is 1. The number of benzene rings is 1. The van der Waals surface area contributed by atoms with Crippen molar-refractivity contribution in [2.24, 2.45) is 0 Å². The molecule has 0 spiro atoms. The van der Waals surface area contributed by atoms with E-state index in [1.54, 1.807) is 17.0 Å². The zero-order valence-corrected chi connectivity index (χ0v) is 16.8. The average Bonchev–Trinajstić information content (AvgIpc) is 3.05. The van der Waals surface area contributed by atoms with Gasteiger partial charge in [0.15, 0.2) is 5.82 Å². The van der Waals surface area contributed by atoms with Crippen molar-refractivity contribution < 1.29 is 9.59 Å². The number of nitrogens with one attached hydrogen (secondary N) is 1. The highest BCUT2D eigenvalue weighted by Crippen LogP contribution is 2.24. The maximum absolute atomic E-state index is 12.9. The second-order valence-electron chi connectivity index (χ2n) is 6.73. The lowest BCUT2D eigenvalue weighted by Gasteiger charge is -2.20. The largest absolute Gasteiger partial charge is 0.338 e. The van der Waals surface area contributed by atoms with E-state index in [9.17, 15) is 9.59 Å². The Labute approximate surface area is 164 Å². The Morgan fingerprint density at radius 1 is 1.26 bits per heavy atom. The number of amides is 2. The Hall–Kier alpha value is -2.34. The van der Waals surface area contributed by atoms with Crippen LogP contribution in [0.15, 0.2) is 18.2 Å². The predicted octanol–water partition coefficient (Wildman–Crippen LogP) is 3.92. The first-order valence-electron chi connectivity index (χ1n) is 9.42. The van der Waals surface area contributed by atoms with Crippen molar-refractivity contribution in [1.82, 2.24) is 14.5 Å². The highest BCUT2D eigenvalue weighted by molar-refractivity contribution is 6.31. The number of nitrogens with zero attached hydrogens (tertiary/aromatic N) is 3. The van der Waals surface area contributed by atoms with Crippen LogP contribution < -0.4 is 5.32 Å². The molecule has 1 aromatic heterocycles. The highest BCUT2D eigenvalue weighted by atomic mass is 35.5. The molecule has 7 heteroatoms. The number of aryl methyl sites for hydroxylation is 1. The van der Waals surface area contributed by atoms with E-state index in [2.05, 4.69) is 10.3 Å². The van der Waals surface area contributed by atoms with Gasteiger partial charge in [-0.25, -0.2) is 4.98 Å². The van der Waals surface area contributed by atoms with Crippen LogP contribution in [0.1, 0.15) is 59.1 Å². The van der Waals surface area contributed by atoms with Gasteiger partial charge in [0, 0.05) is 30.3 Å². The van der Waals surface area contributed by atoms with E-state index in [4.69, 9.17) is 11.6 Å². The molecule has 2 aromatic rings. The van der Waals surface area contributed by atoms with Crippen molar-refractivity contribution in [2.45, 2.75) is 46.6 Å². The lowest BCUT2D eigenvalue weighted by Crippen LogP contribution is -2.31. The highest BCUT2D eigenvalue weighted by Gasteiger charge is 2.29. The summed E-state index contributed by atoms with van der Waals surface area (Å²) in [6.07, 6.45) is 2.73. The summed E-state index contributed by atoms with van der Waals surface area (Å²) in [4.78, 5) is 31.9.